The molecule has 1 aliphatic rings. The van der Waals surface area contributed by atoms with Crippen molar-refractivity contribution in [1.82, 2.24) is 4.98 Å². The fourth-order valence-corrected chi connectivity index (χ4v) is 2.46. The van der Waals surface area contributed by atoms with E-state index in [1.165, 1.54) is 19.3 Å². The minimum Gasteiger partial charge on any atom is -0.381 e. The summed E-state index contributed by atoms with van der Waals surface area (Å²) in [7, 11) is 5.81. The molecule has 2 rings (SSSR count). The summed E-state index contributed by atoms with van der Waals surface area (Å²) in [4.78, 5) is 6.42. The maximum absolute atomic E-state index is 5.45. The van der Waals surface area contributed by atoms with Crippen molar-refractivity contribution < 1.29 is 4.74 Å². The molecule has 100 valence electrons. The van der Waals surface area contributed by atoms with Crippen LogP contribution in [0, 0.1) is 0 Å². The molecule has 0 radical (unpaired) electrons. The second kappa shape index (κ2) is 6.05. The van der Waals surface area contributed by atoms with E-state index < -0.39 is 0 Å². The molecule has 0 saturated heterocycles. The minimum absolute atomic E-state index is 0.408. The zero-order chi connectivity index (χ0) is 13.0. The highest BCUT2D eigenvalue weighted by Gasteiger charge is 2.21. The highest BCUT2D eigenvalue weighted by atomic mass is 16.5. The lowest BCUT2D eigenvalue weighted by Crippen LogP contribution is -2.31. The van der Waals surface area contributed by atoms with Gasteiger partial charge in [0.15, 0.2) is 0 Å². The maximum atomic E-state index is 5.45. The van der Waals surface area contributed by atoms with Gasteiger partial charge in [-0.15, -0.1) is 0 Å². The Hall–Kier alpha value is -1.29. The molecule has 4 nitrogen and oxygen atoms in total. The zero-order valence-corrected chi connectivity index (χ0v) is 11.5. The molecule has 18 heavy (non-hydrogen) atoms. The second-order valence-corrected chi connectivity index (χ2v) is 5.17. The fourth-order valence-electron chi connectivity index (χ4n) is 2.46. The van der Waals surface area contributed by atoms with Crippen LogP contribution >= 0.6 is 0 Å². The Labute approximate surface area is 109 Å². The van der Waals surface area contributed by atoms with Gasteiger partial charge in [-0.25, -0.2) is 4.98 Å². The molecule has 1 aliphatic carbocycles. The van der Waals surface area contributed by atoms with Crippen LogP contribution in [0.1, 0.15) is 25.7 Å². The van der Waals surface area contributed by atoms with E-state index in [1.807, 2.05) is 31.3 Å². The summed E-state index contributed by atoms with van der Waals surface area (Å²) in [5, 5.41) is 3.55. The van der Waals surface area contributed by atoms with E-state index >= 15 is 0 Å². The topological polar surface area (TPSA) is 37.4 Å². The van der Waals surface area contributed by atoms with E-state index in [1.54, 1.807) is 7.11 Å². The largest absolute Gasteiger partial charge is 0.381 e. The highest BCUT2D eigenvalue weighted by molar-refractivity contribution is 5.48. The van der Waals surface area contributed by atoms with Gasteiger partial charge in [-0.05, 0) is 37.8 Å². The van der Waals surface area contributed by atoms with Crippen LogP contribution in [0.2, 0.25) is 0 Å². The third kappa shape index (κ3) is 3.35. The smallest absolute Gasteiger partial charge is 0.128 e. The van der Waals surface area contributed by atoms with E-state index in [2.05, 4.69) is 16.4 Å². The van der Waals surface area contributed by atoms with Crippen molar-refractivity contribution in [2.45, 2.75) is 37.8 Å². The van der Waals surface area contributed by atoms with Crippen LogP contribution in [0.3, 0.4) is 0 Å². The zero-order valence-electron chi connectivity index (χ0n) is 11.5. The minimum atomic E-state index is 0.408. The molecule has 2 unspecified atom stereocenters. The number of ether oxygens (including phenoxy) is 1. The van der Waals surface area contributed by atoms with Crippen molar-refractivity contribution in [2.24, 2.45) is 0 Å². The first-order valence-electron chi connectivity index (χ1n) is 6.61. The van der Waals surface area contributed by atoms with Crippen LogP contribution in [0.25, 0.3) is 0 Å². The number of nitrogens with one attached hydrogen (secondary N) is 1. The van der Waals surface area contributed by atoms with Crippen LogP contribution in [-0.4, -0.2) is 38.3 Å². The lowest BCUT2D eigenvalue weighted by atomic mass is 9.93. The normalized spacial score (nSPS) is 23.7. The predicted molar refractivity (Wildman–Crippen MR) is 75.2 cm³/mol. The summed E-state index contributed by atoms with van der Waals surface area (Å²) >= 11 is 0. The van der Waals surface area contributed by atoms with Gasteiger partial charge in [0, 0.05) is 27.2 Å². The lowest BCUT2D eigenvalue weighted by molar-refractivity contribution is 0.0669. The Balaban J connectivity index is 1.92. The Morgan fingerprint density at radius 2 is 2.17 bits per heavy atom. The number of rotatable bonds is 4. The Kier molecular flexibility index (Phi) is 4.42. The molecule has 0 spiro atoms. The van der Waals surface area contributed by atoms with Gasteiger partial charge in [-0.1, -0.05) is 0 Å². The first kappa shape index (κ1) is 13.1. The summed E-state index contributed by atoms with van der Waals surface area (Å²) < 4.78 is 5.45. The monoisotopic (exact) mass is 249 g/mol. The standard InChI is InChI=1S/C14H23N3O/c1-17(2)14-8-7-12(10-15-14)16-11-5-4-6-13(9-11)18-3/h7-8,10-11,13,16H,4-6,9H2,1-3H3. The molecule has 0 aromatic carbocycles. The summed E-state index contributed by atoms with van der Waals surface area (Å²) in [6, 6.07) is 4.65. The van der Waals surface area contributed by atoms with Crippen LogP contribution < -0.4 is 10.2 Å². The molecule has 1 aromatic heterocycles. The maximum Gasteiger partial charge on any atom is 0.128 e. The number of pyridine rings is 1. The Morgan fingerprint density at radius 1 is 1.33 bits per heavy atom. The van der Waals surface area contributed by atoms with E-state index in [0.717, 1.165) is 17.9 Å². The second-order valence-electron chi connectivity index (χ2n) is 5.17. The first-order valence-corrected chi connectivity index (χ1v) is 6.61. The SMILES string of the molecule is COC1CCCC(Nc2ccc(N(C)C)nc2)C1. The van der Waals surface area contributed by atoms with Crippen molar-refractivity contribution >= 4 is 11.5 Å². The van der Waals surface area contributed by atoms with Crippen molar-refractivity contribution in [3.8, 4) is 0 Å². The molecular weight excluding hydrogens is 226 g/mol. The van der Waals surface area contributed by atoms with Gasteiger partial charge in [0.05, 0.1) is 18.0 Å². The van der Waals surface area contributed by atoms with E-state index in [-0.39, 0.29) is 0 Å². The van der Waals surface area contributed by atoms with Gasteiger partial charge in [0.2, 0.25) is 0 Å². The van der Waals surface area contributed by atoms with Gasteiger partial charge in [0.1, 0.15) is 5.82 Å². The number of hydrogen-bond acceptors (Lipinski definition) is 4. The Bertz CT molecular complexity index is 364. The van der Waals surface area contributed by atoms with E-state index in [4.69, 9.17) is 4.74 Å². The number of anilines is 2. The molecule has 2 atom stereocenters. The number of hydrogen-bond donors (Lipinski definition) is 1. The lowest BCUT2D eigenvalue weighted by Gasteiger charge is -2.29. The quantitative estimate of drug-likeness (QED) is 0.889. The number of aromatic nitrogens is 1. The van der Waals surface area contributed by atoms with Gasteiger partial charge >= 0.3 is 0 Å². The van der Waals surface area contributed by atoms with Crippen LogP contribution in [0.5, 0.6) is 0 Å². The van der Waals surface area contributed by atoms with Gasteiger partial charge < -0.3 is 15.0 Å². The molecule has 1 fully saturated rings. The van der Waals surface area contributed by atoms with E-state index in [0.29, 0.717) is 12.1 Å². The van der Waals surface area contributed by atoms with E-state index in [9.17, 15) is 0 Å². The summed E-state index contributed by atoms with van der Waals surface area (Å²) in [5.41, 5.74) is 1.10. The fraction of sp³-hybridized carbons (Fsp3) is 0.643. The van der Waals surface area contributed by atoms with Crippen LogP contribution in [0.4, 0.5) is 11.5 Å². The first-order chi connectivity index (χ1) is 8.69. The van der Waals surface area contributed by atoms with Crippen LogP contribution in [0.15, 0.2) is 18.3 Å². The van der Waals surface area contributed by atoms with Gasteiger partial charge in [-0.3, -0.25) is 0 Å². The van der Waals surface area contributed by atoms with Gasteiger partial charge in [-0.2, -0.15) is 0 Å². The molecule has 1 saturated carbocycles. The molecule has 0 bridgehead atoms. The van der Waals surface area contributed by atoms with Crippen LogP contribution in [-0.2, 0) is 4.74 Å². The molecule has 1 aromatic rings. The van der Waals surface area contributed by atoms with Crippen molar-refractivity contribution in [1.29, 1.82) is 0 Å². The number of nitrogens with zero attached hydrogens (tertiary/aromatic N) is 2. The predicted octanol–water partition coefficient (Wildman–Crippen LogP) is 2.52. The summed E-state index contributed by atoms with van der Waals surface area (Å²) in [6.45, 7) is 0. The molecule has 0 aliphatic heterocycles. The summed E-state index contributed by atoms with van der Waals surface area (Å²) in [5.74, 6) is 0.985. The molecule has 1 heterocycles. The summed E-state index contributed by atoms with van der Waals surface area (Å²) in [6.07, 6.45) is 7.05. The Morgan fingerprint density at radius 3 is 2.78 bits per heavy atom. The average molecular weight is 249 g/mol. The molecule has 4 heteroatoms. The van der Waals surface area contributed by atoms with Crippen molar-refractivity contribution in [3.05, 3.63) is 18.3 Å². The molecule has 0 amide bonds. The molecule has 1 N–H and O–H groups in total. The third-order valence-electron chi connectivity index (χ3n) is 3.54. The van der Waals surface area contributed by atoms with Crippen molar-refractivity contribution in [3.63, 3.8) is 0 Å². The number of methoxy groups -OCH3 is 1. The highest BCUT2D eigenvalue weighted by Crippen LogP contribution is 2.24. The third-order valence-corrected chi connectivity index (χ3v) is 3.54. The van der Waals surface area contributed by atoms with Crippen molar-refractivity contribution in [2.75, 3.05) is 31.4 Å². The van der Waals surface area contributed by atoms with Gasteiger partial charge in [0.25, 0.3) is 0 Å². The average Bonchev–Trinajstić information content (AvgIpc) is 2.39. The molecular formula is C14H23N3O.